The molecule has 0 aliphatic carbocycles. The van der Waals surface area contributed by atoms with Gasteiger partial charge in [-0.2, -0.15) is 0 Å². The maximum Gasteiger partial charge on any atom is 0.295 e. The number of hydrogen-bond acceptors (Lipinski definition) is 6. The number of methoxy groups -OCH3 is 1. The van der Waals surface area contributed by atoms with Gasteiger partial charge in [-0.3, -0.25) is 9.59 Å². The Morgan fingerprint density at radius 2 is 1.84 bits per heavy atom. The number of Topliss-reactive ketones (excluding diaryl/α,β-unsaturated/α-hetero) is 1. The standard InChI is InChI=1S/C23H25ClN2O5/c1-25(2)11-4-12-26-20(14-5-8-16(31-3)9-6-14)19(22(29)23(26)30)21(28)17-13-15(24)7-10-18(17)27/h5-10,13,20,27-28H,4,11-12H2,1-3H3. The van der Waals surface area contributed by atoms with E-state index in [2.05, 4.69) is 0 Å². The number of nitrogens with zero attached hydrogens (tertiary/aromatic N) is 2. The van der Waals surface area contributed by atoms with E-state index in [4.69, 9.17) is 16.3 Å². The minimum Gasteiger partial charge on any atom is -0.507 e. The van der Waals surface area contributed by atoms with E-state index in [1.54, 1.807) is 31.4 Å². The van der Waals surface area contributed by atoms with Crippen LogP contribution in [0.4, 0.5) is 0 Å². The molecule has 0 aromatic heterocycles. The number of benzene rings is 2. The summed E-state index contributed by atoms with van der Waals surface area (Å²) in [6.45, 7) is 1.06. The van der Waals surface area contributed by atoms with Crippen LogP contribution < -0.4 is 4.74 Å². The van der Waals surface area contributed by atoms with Crippen molar-refractivity contribution in [1.29, 1.82) is 0 Å². The van der Waals surface area contributed by atoms with Gasteiger partial charge in [-0.1, -0.05) is 23.7 Å². The van der Waals surface area contributed by atoms with E-state index in [-0.39, 0.29) is 21.9 Å². The van der Waals surface area contributed by atoms with Gasteiger partial charge in [-0.15, -0.1) is 0 Å². The number of ether oxygens (including phenoxy) is 1. The maximum absolute atomic E-state index is 13.0. The number of phenolic OH excluding ortho intramolecular Hbond substituents is 1. The lowest BCUT2D eigenvalue weighted by Gasteiger charge is -2.26. The number of carbonyl (C=O) groups excluding carboxylic acids is 2. The van der Waals surface area contributed by atoms with E-state index in [0.717, 1.165) is 6.54 Å². The fourth-order valence-electron chi connectivity index (χ4n) is 3.64. The van der Waals surface area contributed by atoms with Crippen molar-refractivity contribution in [3.05, 3.63) is 64.2 Å². The van der Waals surface area contributed by atoms with Crippen molar-refractivity contribution in [2.45, 2.75) is 12.5 Å². The first-order chi connectivity index (χ1) is 14.7. The van der Waals surface area contributed by atoms with Gasteiger partial charge in [0.2, 0.25) is 0 Å². The molecule has 1 unspecified atom stereocenters. The highest BCUT2D eigenvalue weighted by atomic mass is 35.5. The quantitative estimate of drug-likeness (QED) is 0.386. The monoisotopic (exact) mass is 444 g/mol. The molecule has 2 aromatic rings. The van der Waals surface area contributed by atoms with Crippen LogP contribution in [-0.2, 0) is 9.59 Å². The largest absolute Gasteiger partial charge is 0.507 e. The number of aliphatic hydroxyl groups excluding tert-OH is 1. The van der Waals surface area contributed by atoms with Crippen molar-refractivity contribution in [3.8, 4) is 11.5 Å². The summed E-state index contributed by atoms with van der Waals surface area (Å²) in [7, 11) is 5.40. The van der Waals surface area contributed by atoms with Crippen LogP contribution in [0.3, 0.4) is 0 Å². The van der Waals surface area contributed by atoms with Gasteiger partial charge in [-0.25, -0.2) is 0 Å². The molecule has 2 N–H and O–H groups in total. The van der Waals surface area contributed by atoms with Gasteiger partial charge in [0.1, 0.15) is 17.3 Å². The summed E-state index contributed by atoms with van der Waals surface area (Å²) < 4.78 is 5.20. The first kappa shape index (κ1) is 22.7. The van der Waals surface area contributed by atoms with Gasteiger partial charge in [0, 0.05) is 11.6 Å². The van der Waals surface area contributed by atoms with Crippen LogP contribution in [0.15, 0.2) is 48.0 Å². The normalized spacial score (nSPS) is 18.1. The third-order valence-electron chi connectivity index (χ3n) is 5.19. The van der Waals surface area contributed by atoms with Crippen LogP contribution in [0, 0.1) is 0 Å². The van der Waals surface area contributed by atoms with Gasteiger partial charge < -0.3 is 24.7 Å². The van der Waals surface area contributed by atoms with Crippen molar-refractivity contribution in [2.24, 2.45) is 0 Å². The number of carbonyl (C=O) groups is 2. The number of ketones is 1. The highest BCUT2D eigenvalue weighted by molar-refractivity contribution is 6.46. The molecule has 0 saturated carbocycles. The van der Waals surface area contributed by atoms with Crippen LogP contribution >= 0.6 is 11.6 Å². The molecule has 1 heterocycles. The zero-order valence-electron chi connectivity index (χ0n) is 17.6. The van der Waals surface area contributed by atoms with Crippen LogP contribution in [0.1, 0.15) is 23.6 Å². The molecular formula is C23H25ClN2O5. The van der Waals surface area contributed by atoms with Crippen molar-refractivity contribution >= 4 is 29.1 Å². The Morgan fingerprint density at radius 3 is 2.45 bits per heavy atom. The minimum absolute atomic E-state index is 0.00250. The summed E-state index contributed by atoms with van der Waals surface area (Å²) in [5.41, 5.74) is 0.558. The summed E-state index contributed by atoms with van der Waals surface area (Å²) in [5, 5.41) is 21.5. The van der Waals surface area contributed by atoms with Crippen LogP contribution in [0.5, 0.6) is 11.5 Å². The molecule has 31 heavy (non-hydrogen) atoms. The first-order valence-electron chi connectivity index (χ1n) is 9.80. The number of rotatable bonds is 7. The van der Waals surface area contributed by atoms with Crippen molar-refractivity contribution in [3.63, 3.8) is 0 Å². The third-order valence-corrected chi connectivity index (χ3v) is 5.42. The highest BCUT2D eigenvalue weighted by Crippen LogP contribution is 2.41. The van der Waals surface area contributed by atoms with E-state index in [0.29, 0.717) is 24.3 Å². The van der Waals surface area contributed by atoms with Gasteiger partial charge >= 0.3 is 0 Å². The molecule has 2 aromatic carbocycles. The first-order valence-corrected chi connectivity index (χ1v) is 10.2. The fourth-order valence-corrected chi connectivity index (χ4v) is 3.82. The molecule has 164 valence electrons. The Balaban J connectivity index is 2.13. The third kappa shape index (κ3) is 4.68. The summed E-state index contributed by atoms with van der Waals surface area (Å²) in [5.74, 6) is -1.57. The average molecular weight is 445 g/mol. The number of phenols is 1. The predicted molar refractivity (Wildman–Crippen MR) is 118 cm³/mol. The molecule has 1 aliphatic rings. The Morgan fingerprint density at radius 1 is 1.16 bits per heavy atom. The van der Waals surface area contributed by atoms with Gasteiger partial charge in [0.05, 0.1) is 24.3 Å². The fraction of sp³-hybridized carbons (Fsp3) is 0.304. The van der Waals surface area contributed by atoms with Crippen LogP contribution in [0.2, 0.25) is 5.02 Å². The lowest BCUT2D eigenvalue weighted by molar-refractivity contribution is -0.139. The SMILES string of the molecule is COc1ccc(C2C(=C(O)c3cc(Cl)ccc3O)C(=O)C(=O)N2CCCN(C)C)cc1. The van der Waals surface area contributed by atoms with E-state index >= 15 is 0 Å². The molecule has 1 amide bonds. The van der Waals surface area contributed by atoms with Gasteiger partial charge in [-0.05, 0) is 63.0 Å². The molecule has 0 radical (unpaired) electrons. The maximum atomic E-state index is 13.0. The smallest absolute Gasteiger partial charge is 0.295 e. The van der Waals surface area contributed by atoms with E-state index < -0.39 is 23.5 Å². The summed E-state index contributed by atoms with van der Waals surface area (Å²) >= 11 is 6.02. The Bertz CT molecular complexity index is 1020. The molecule has 3 rings (SSSR count). The summed E-state index contributed by atoms with van der Waals surface area (Å²) in [6, 6.07) is 10.3. The van der Waals surface area contributed by atoms with E-state index in [9.17, 15) is 19.8 Å². The molecule has 0 spiro atoms. The molecular weight excluding hydrogens is 420 g/mol. The zero-order chi connectivity index (χ0) is 22.7. The van der Waals surface area contributed by atoms with E-state index in [1.165, 1.54) is 23.1 Å². The van der Waals surface area contributed by atoms with Gasteiger partial charge in [0.15, 0.2) is 0 Å². The summed E-state index contributed by atoms with van der Waals surface area (Å²) in [6.07, 6.45) is 0.648. The zero-order valence-corrected chi connectivity index (χ0v) is 18.4. The van der Waals surface area contributed by atoms with Crippen LogP contribution in [-0.4, -0.2) is 66.0 Å². The predicted octanol–water partition coefficient (Wildman–Crippen LogP) is 3.43. The van der Waals surface area contributed by atoms with Crippen molar-refractivity contribution in [2.75, 3.05) is 34.3 Å². The summed E-state index contributed by atoms with van der Waals surface area (Å²) in [4.78, 5) is 29.3. The minimum atomic E-state index is -0.803. The number of aromatic hydroxyl groups is 1. The number of halogens is 1. The van der Waals surface area contributed by atoms with Crippen LogP contribution in [0.25, 0.3) is 5.76 Å². The second kappa shape index (κ2) is 9.41. The molecule has 7 nitrogen and oxygen atoms in total. The topological polar surface area (TPSA) is 90.3 Å². The number of hydrogen-bond donors (Lipinski definition) is 2. The number of amides is 1. The number of likely N-dealkylation sites (tertiary alicyclic amines) is 1. The molecule has 1 aliphatic heterocycles. The molecule has 1 atom stereocenters. The average Bonchev–Trinajstić information content (AvgIpc) is 2.99. The Hall–Kier alpha value is -3.03. The number of aliphatic hydroxyl groups is 1. The molecule has 0 bridgehead atoms. The Labute approximate surface area is 186 Å². The van der Waals surface area contributed by atoms with Crippen molar-refractivity contribution in [1.82, 2.24) is 9.80 Å². The molecule has 1 saturated heterocycles. The lowest BCUT2D eigenvalue weighted by Crippen LogP contribution is -2.32. The second-order valence-corrected chi connectivity index (χ2v) is 8.02. The highest BCUT2D eigenvalue weighted by Gasteiger charge is 2.46. The lowest BCUT2D eigenvalue weighted by atomic mass is 9.95. The van der Waals surface area contributed by atoms with Gasteiger partial charge in [0.25, 0.3) is 11.7 Å². The molecule has 1 fully saturated rings. The van der Waals surface area contributed by atoms with Crippen molar-refractivity contribution < 1.29 is 24.5 Å². The molecule has 8 heteroatoms. The van der Waals surface area contributed by atoms with E-state index in [1.807, 2.05) is 19.0 Å². The second-order valence-electron chi connectivity index (χ2n) is 7.58. The Kier molecular flexibility index (Phi) is 6.87.